The van der Waals surface area contributed by atoms with Crippen molar-refractivity contribution in [3.05, 3.63) is 0 Å². The van der Waals surface area contributed by atoms with Crippen LogP contribution < -0.4 is 0 Å². The predicted octanol–water partition coefficient (Wildman–Crippen LogP) is 20.9. The molecule has 0 rings (SSSR count). The fourth-order valence-corrected chi connectivity index (χ4v) is 12.6. The molecule has 0 aromatic carbocycles. The number of aliphatic hydroxyl groups is 1. The summed E-state index contributed by atoms with van der Waals surface area (Å²) in [4.78, 5) is 72.7. The monoisotopic (exact) mass is 1350 g/mol. The van der Waals surface area contributed by atoms with Crippen molar-refractivity contribution in [1.82, 2.24) is 0 Å². The van der Waals surface area contributed by atoms with Crippen LogP contribution in [0.5, 0.6) is 0 Å². The number of phosphoric ester groups is 2. The molecule has 0 fully saturated rings. The summed E-state index contributed by atoms with van der Waals surface area (Å²) >= 11 is 0. The number of carbonyl (C=O) groups is 4. The van der Waals surface area contributed by atoms with Gasteiger partial charge in [0.15, 0.2) is 12.2 Å². The lowest BCUT2D eigenvalue weighted by molar-refractivity contribution is -0.161. The lowest BCUT2D eigenvalue weighted by Gasteiger charge is -2.21. The molecule has 6 atom stereocenters. The van der Waals surface area contributed by atoms with Gasteiger partial charge in [-0.2, -0.15) is 0 Å². The van der Waals surface area contributed by atoms with E-state index in [4.69, 9.17) is 37.0 Å². The first-order valence-electron chi connectivity index (χ1n) is 37.7. The Balaban J connectivity index is 5.27. The van der Waals surface area contributed by atoms with E-state index in [-0.39, 0.29) is 25.7 Å². The number of phosphoric acid groups is 2. The summed E-state index contributed by atoms with van der Waals surface area (Å²) in [5.41, 5.74) is 0. The van der Waals surface area contributed by atoms with Crippen LogP contribution in [0.15, 0.2) is 0 Å². The minimum absolute atomic E-state index is 0.105. The molecule has 0 saturated heterocycles. The number of aliphatic hydroxyl groups excluding tert-OH is 1. The third kappa shape index (κ3) is 65.4. The average Bonchev–Trinajstić information content (AvgIpc) is 2.70. The normalized spacial score (nSPS) is 14.5. The predicted molar refractivity (Wildman–Crippen MR) is 372 cm³/mol. The molecule has 17 nitrogen and oxygen atoms in total. The molecule has 0 aromatic rings. The van der Waals surface area contributed by atoms with Gasteiger partial charge in [-0.1, -0.05) is 312 Å². The van der Waals surface area contributed by atoms with Gasteiger partial charge in [0.1, 0.15) is 19.3 Å². The van der Waals surface area contributed by atoms with Gasteiger partial charge in [-0.3, -0.25) is 37.3 Å². The highest BCUT2D eigenvalue weighted by molar-refractivity contribution is 7.47. The van der Waals surface area contributed by atoms with Crippen LogP contribution in [0, 0.1) is 23.7 Å². The van der Waals surface area contributed by atoms with Gasteiger partial charge in [-0.05, 0) is 49.4 Å². The topological polar surface area (TPSA) is 237 Å². The number of unbranched alkanes of at least 4 members (excludes halogenated alkanes) is 35. The van der Waals surface area contributed by atoms with Crippen molar-refractivity contribution in [2.75, 3.05) is 39.6 Å². The molecule has 0 amide bonds. The van der Waals surface area contributed by atoms with Gasteiger partial charge >= 0.3 is 39.5 Å². The zero-order chi connectivity index (χ0) is 68.2. The first-order valence-corrected chi connectivity index (χ1v) is 40.7. The van der Waals surface area contributed by atoms with Crippen LogP contribution in [0.3, 0.4) is 0 Å². The molecule has 0 spiro atoms. The molecule has 0 radical (unpaired) electrons. The van der Waals surface area contributed by atoms with E-state index in [9.17, 15) is 43.2 Å². The Morgan fingerprint density at radius 2 is 0.522 bits per heavy atom. The van der Waals surface area contributed by atoms with Gasteiger partial charge in [0.2, 0.25) is 0 Å². The maximum Gasteiger partial charge on any atom is 0.472 e. The largest absolute Gasteiger partial charge is 0.472 e. The molecule has 3 unspecified atom stereocenters. The number of hydrogen-bond donors (Lipinski definition) is 3. The van der Waals surface area contributed by atoms with Crippen LogP contribution in [0.25, 0.3) is 0 Å². The van der Waals surface area contributed by atoms with E-state index in [2.05, 4.69) is 55.4 Å². The summed E-state index contributed by atoms with van der Waals surface area (Å²) < 4.78 is 68.4. The molecule has 0 aliphatic rings. The Kier molecular flexibility index (Phi) is 61.3. The third-order valence-electron chi connectivity index (χ3n) is 17.2. The van der Waals surface area contributed by atoms with Crippen LogP contribution in [0.4, 0.5) is 0 Å². The fourth-order valence-electron chi connectivity index (χ4n) is 11.0. The second-order valence-electron chi connectivity index (χ2n) is 28.0. The van der Waals surface area contributed by atoms with E-state index in [0.29, 0.717) is 25.7 Å². The highest BCUT2D eigenvalue weighted by Crippen LogP contribution is 2.45. The molecule has 3 N–H and O–H groups in total. The van der Waals surface area contributed by atoms with Gasteiger partial charge in [0.05, 0.1) is 26.4 Å². The van der Waals surface area contributed by atoms with Crippen LogP contribution in [0.1, 0.15) is 364 Å². The van der Waals surface area contributed by atoms with Crippen molar-refractivity contribution < 1.29 is 80.2 Å². The van der Waals surface area contributed by atoms with E-state index >= 15 is 0 Å². The molecule has 19 heteroatoms. The zero-order valence-electron chi connectivity index (χ0n) is 60.2. The van der Waals surface area contributed by atoms with Crippen LogP contribution in [-0.4, -0.2) is 96.7 Å². The van der Waals surface area contributed by atoms with E-state index < -0.39 is 97.5 Å². The SMILES string of the molecule is CCC(C)CCCCCCCCC(=O)OC[C@H](COP(=O)(O)OC[C@H](O)COP(=O)(O)OC[C@@H](COC(=O)CCCCCCCCCCCCC(C)C)OC(=O)CCCCCCCCCCCCCCC(C)C)OC(=O)CCCCCCCCCCCCCC(C)C. The number of ether oxygens (including phenoxy) is 4. The average molecular weight is 1350 g/mol. The maximum absolute atomic E-state index is 13.1. The molecule has 0 aliphatic heterocycles. The molecule has 546 valence electrons. The van der Waals surface area contributed by atoms with Crippen molar-refractivity contribution in [3.8, 4) is 0 Å². The summed E-state index contributed by atoms with van der Waals surface area (Å²) in [5, 5.41) is 10.6. The van der Waals surface area contributed by atoms with Gasteiger partial charge in [0, 0.05) is 25.7 Å². The third-order valence-corrected chi connectivity index (χ3v) is 19.1. The molecular weight excluding hydrogens is 1210 g/mol. The Hall–Kier alpha value is -1.94. The van der Waals surface area contributed by atoms with Crippen LogP contribution in [-0.2, 0) is 65.4 Å². The van der Waals surface area contributed by atoms with E-state index in [0.717, 1.165) is 120 Å². The van der Waals surface area contributed by atoms with E-state index in [1.165, 1.54) is 161 Å². The summed E-state index contributed by atoms with van der Waals surface area (Å²) in [6.07, 6.45) is 45.8. The van der Waals surface area contributed by atoms with Crippen molar-refractivity contribution in [2.45, 2.75) is 382 Å². The van der Waals surface area contributed by atoms with Crippen molar-refractivity contribution in [1.29, 1.82) is 0 Å². The van der Waals surface area contributed by atoms with Gasteiger partial charge in [-0.25, -0.2) is 9.13 Å². The highest BCUT2D eigenvalue weighted by atomic mass is 31.2. The van der Waals surface area contributed by atoms with Crippen molar-refractivity contribution in [2.24, 2.45) is 23.7 Å². The highest BCUT2D eigenvalue weighted by Gasteiger charge is 2.30. The first-order chi connectivity index (χ1) is 44.1. The summed E-state index contributed by atoms with van der Waals surface area (Å²) in [7, 11) is -9.91. The summed E-state index contributed by atoms with van der Waals surface area (Å²) in [5.74, 6) is 0.906. The summed E-state index contributed by atoms with van der Waals surface area (Å²) in [6.45, 7) is 14.1. The minimum atomic E-state index is -4.96. The van der Waals surface area contributed by atoms with Crippen LogP contribution in [0.2, 0.25) is 0 Å². The zero-order valence-corrected chi connectivity index (χ0v) is 62.0. The molecule has 92 heavy (non-hydrogen) atoms. The lowest BCUT2D eigenvalue weighted by atomic mass is 10.00. The smallest absolute Gasteiger partial charge is 0.462 e. The van der Waals surface area contributed by atoms with E-state index in [1.807, 2.05) is 0 Å². The number of esters is 4. The minimum Gasteiger partial charge on any atom is -0.462 e. The Bertz CT molecular complexity index is 1820. The molecule has 0 bridgehead atoms. The Morgan fingerprint density at radius 3 is 0.772 bits per heavy atom. The number of rotatable bonds is 70. The fraction of sp³-hybridized carbons (Fsp3) is 0.945. The molecule has 0 aromatic heterocycles. The van der Waals surface area contributed by atoms with Gasteiger partial charge in [-0.15, -0.1) is 0 Å². The lowest BCUT2D eigenvalue weighted by Crippen LogP contribution is -2.30. The van der Waals surface area contributed by atoms with Gasteiger partial charge in [0.25, 0.3) is 0 Å². The first kappa shape index (κ1) is 90.1. The van der Waals surface area contributed by atoms with Crippen molar-refractivity contribution >= 4 is 39.5 Å². The molecule has 0 aliphatic carbocycles. The Morgan fingerprint density at radius 1 is 0.304 bits per heavy atom. The molecule has 0 heterocycles. The summed E-state index contributed by atoms with van der Waals surface area (Å²) in [6, 6.07) is 0. The van der Waals surface area contributed by atoms with Crippen molar-refractivity contribution in [3.63, 3.8) is 0 Å². The quantitative estimate of drug-likeness (QED) is 0.0222. The Labute approximate surface area is 562 Å². The second-order valence-corrected chi connectivity index (χ2v) is 30.9. The number of hydrogen-bond acceptors (Lipinski definition) is 15. The van der Waals surface area contributed by atoms with Gasteiger partial charge < -0.3 is 33.8 Å². The maximum atomic E-state index is 13.1. The second kappa shape index (κ2) is 62.6. The molecular formula is C73H142O17P2. The standard InChI is InChI=1S/C73H142O17P2/c1-9-66(8)52-44-36-31-32-38-46-54-71(76)84-60-69(90-73(78)56-48-40-30-24-16-12-14-20-26-34-42-50-64(4)5)62-88-92(81,82)86-58-67(74)57-85-91(79,80)87-61-68(59-83-70(75)53-45-37-28-22-18-17-21-27-35-43-51-65(6)7)89-72(77)55-47-39-29-23-15-11-10-13-19-25-33-41-49-63(2)3/h63-69,74H,9-62H2,1-8H3,(H,79,80)(H,81,82)/t66?,67-,68-,69-/m1/s1. The molecule has 0 saturated carbocycles. The van der Waals surface area contributed by atoms with Crippen LogP contribution >= 0.6 is 15.6 Å². The number of carbonyl (C=O) groups excluding carboxylic acids is 4. The van der Waals surface area contributed by atoms with E-state index in [1.54, 1.807) is 0 Å².